The van der Waals surface area contributed by atoms with Crippen LogP contribution >= 0.6 is 17.0 Å². The molecule has 0 aliphatic heterocycles. The number of hydrogen-bond donors (Lipinski definition) is 0. The summed E-state index contributed by atoms with van der Waals surface area (Å²) >= 11 is -0.826. The SMILES string of the molecule is CC(C)(C)c1cc([O-])cc(C(C)(C)C)c1.CC(C)(C)c1cc([O-])cc(C(C)(C)C)c1.[Cl][Zr+2][Cl]. The van der Waals surface area contributed by atoms with E-state index in [0.717, 1.165) is 22.3 Å². The molecule has 33 heavy (non-hydrogen) atoms. The summed E-state index contributed by atoms with van der Waals surface area (Å²) in [4.78, 5) is 0. The first-order valence-electron chi connectivity index (χ1n) is 11.3. The molecule has 0 bridgehead atoms. The number of rotatable bonds is 0. The molecule has 2 aromatic carbocycles. The van der Waals surface area contributed by atoms with Gasteiger partial charge >= 0.3 is 37.9 Å². The molecule has 0 spiro atoms. The van der Waals surface area contributed by atoms with Gasteiger partial charge in [0.15, 0.2) is 0 Å². The first-order valence-corrected chi connectivity index (χ1v) is 17.6. The Kier molecular flexibility index (Phi) is 12.3. The van der Waals surface area contributed by atoms with Gasteiger partial charge in [-0.05, 0) is 43.9 Å². The van der Waals surface area contributed by atoms with Crippen molar-refractivity contribution in [1.29, 1.82) is 0 Å². The molecule has 0 aliphatic carbocycles. The maximum absolute atomic E-state index is 11.6. The van der Waals surface area contributed by atoms with Gasteiger partial charge in [-0.25, -0.2) is 0 Å². The standard InChI is InChI=1S/2C14H22O.2ClH.Zr/c2*1-13(2,3)10-7-11(14(4,5)6)9-12(15)8-10;;;/h2*7-9,15H,1-6H3;2*1H;/q;;;;+4/p-4. The van der Waals surface area contributed by atoms with E-state index in [4.69, 9.17) is 17.0 Å². The van der Waals surface area contributed by atoms with Crippen LogP contribution in [-0.4, -0.2) is 0 Å². The van der Waals surface area contributed by atoms with Crippen LogP contribution in [0.15, 0.2) is 36.4 Å². The third kappa shape index (κ3) is 12.2. The molecule has 184 valence electrons. The van der Waals surface area contributed by atoms with E-state index in [-0.39, 0.29) is 33.2 Å². The fourth-order valence-electron chi connectivity index (χ4n) is 2.93. The van der Waals surface area contributed by atoms with Crippen LogP contribution in [0.1, 0.15) is 105 Å². The summed E-state index contributed by atoms with van der Waals surface area (Å²) in [6.45, 7) is 25.6. The summed E-state index contributed by atoms with van der Waals surface area (Å²) in [5.74, 6) is 0.236. The fourth-order valence-corrected chi connectivity index (χ4v) is 2.93. The summed E-state index contributed by atoms with van der Waals surface area (Å²) in [6.07, 6.45) is 0. The quantitative estimate of drug-likeness (QED) is 0.320. The van der Waals surface area contributed by atoms with E-state index in [2.05, 4.69) is 95.2 Å². The van der Waals surface area contributed by atoms with E-state index in [9.17, 15) is 10.2 Å². The van der Waals surface area contributed by atoms with Gasteiger partial charge in [0, 0.05) is 0 Å². The van der Waals surface area contributed by atoms with Crippen molar-refractivity contribution in [1.82, 2.24) is 0 Å². The van der Waals surface area contributed by atoms with Crippen LogP contribution in [0.4, 0.5) is 0 Å². The van der Waals surface area contributed by atoms with Crippen molar-refractivity contribution in [2.45, 2.75) is 105 Å². The molecule has 0 aromatic heterocycles. The Labute approximate surface area is 221 Å². The number of hydrogen-bond acceptors (Lipinski definition) is 2. The molecular weight excluding hydrogens is 530 g/mol. The second-order valence-corrected chi connectivity index (χ2v) is 16.3. The van der Waals surface area contributed by atoms with Crippen LogP contribution in [0, 0.1) is 0 Å². The van der Waals surface area contributed by atoms with Crippen molar-refractivity contribution in [3.8, 4) is 11.5 Å². The van der Waals surface area contributed by atoms with Gasteiger partial charge in [0.2, 0.25) is 0 Å². The Bertz CT molecular complexity index is 743. The van der Waals surface area contributed by atoms with Gasteiger partial charge in [-0.3, -0.25) is 0 Å². The Balaban J connectivity index is 0.000000555. The van der Waals surface area contributed by atoms with E-state index in [0.29, 0.717) is 0 Å². The predicted molar refractivity (Wildman–Crippen MR) is 138 cm³/mol. The van der Waals surface area contributed by atoms with Crippen molar-refractivity contribution in [2.24, 2.45) is 0 Å². The Morgan fingerprint density at radius 2 is 0.606 bits per heavy atom. The van der Waals surface area contributed by atoms with Crippen molar-refractivity contribution in [3.63, 3.8) is 0 Å². The number of benzene rings is 2. The summed E-state index contributed by atoms with van der Waals surface area (Å²) in [7, 11) is 9.87. The molecule has 0 amide bonds. The molecule has 0 saturated carbocycles. The molecule has 2 nitrogen and oxygen atoms in total. The van der Waals surface area contributed by atoms with E-state index >= 15 is 0 Å². The van der Waals surface area contributed by atoms with Crippen molar-refractivity contribution >= 4 is 17.0 Å². The van der Waals surface area contributed by atoms with Gasteiger partial charge in [-0.15, -0.1) is 11.5 Å². The minimum atomic E-state index is -0.826. The topological polar surface area (TPSA) is 46.1 Å². The van der Waals surface area contributed by atoms with E-state index in [1.54, 1.807) is 24.3 Å². The monoisotopic (exact) mass is 570 g/mol. The minimum absolute atomic E-state index is 0.0421. The third-order valence-corrected chi connectivity index (χ3v) is 5.28. The zero-order valence-electron chi connectivity index (χ0n) is 22.5. The molecule has 0 atom stereocenters. The summed E-state index contributed by atoms with van der Waals surface area (Å²) in [5.41, 5.74) is 4.67. The fraction of sp³-hybridized carbons (Fsp3) is 0.571. The van der Waals surface area contributed by atoms with Crippen LogP contribution in [0.25, 0.3) is 0 Å². The average molecular weight is 573 g/mol. The van der Waals surface area contributed by atoms with Gasteiger partial charge < -0.3 is 10.2 Å². The number of halogens is 2. The molecular formula is C28H42Cl2O2Zr. The van der Waals surface area contributed by atoms with E-state index in [1.165, 1.54) is 0 Å². The molecule has 5 heteroatoms. The Morgan fingerprint density at radius 1 is 0.455 bits per heavy atom. The van der Waals surface area contributed by atoms with Crippen LogP contribution in [-0.2, 0) is 42.5 Å². The van der Waals surface area contributed by atoms with Gasteiger partial charge in [0.05, 0.1) is 0 Å². The normalized spacial score (nSPS) is 12.1. The Morgan fingerprint density at radius 3 is 0.727 bits per heavy atom. The van der Waals surface area contributed by atoms with Crippen LogP contribution in [0.2, 0.25) is 0 Å². The predicted octanol–water partition coefficient (Wildman–Crippen LogP) is 8.09. The molecule has 0 N–H and O–H groups in total. The van der Waals surface area contributed by atoms with Crippen LogP contribution in [0.3, 0.4) is 0 Å². The van der Waals surface area contributed by atoms with Crippen molar-refractivity contribution in [2.75, 3.05) is 0 Å². The van der Waals surface area contributed by atoms with Crippen LogP contribution in [0.5, 0.6) is 11.5 Å². The zero-order valence-corrected chi connectivity index (χ0v) is 26.5. The molecule has 2 aromatic rings. The van der Waals surface area contributed by atoms with Crippen LogP contribution < -0.4 is 10.2 Å². The molecule has 0 radical (unpaired) electrons. The molecule has 0 aliphatic rings. The Hall–Kier alpha value is -0.497. The molecule has 0 unspecified atom stereocenters. The molecule has 0 saturated heterocycles. The molecule has 2 rings (SSSR count). The zero-order chi connectivity index (χ0) is 26.4. The van der Waals surface area contributed by atoms with E-state index in [1.807, 2.05) is 0 Å². The molecule has 0 fully saturated rings. The average Bonchev–Trinajstić information content (AvgIpc) is 2.59. The van der Waals surface area contributed by atoms with Gasteiger partial charge in [0.1, 0.15) is 0 Å². The summed E-state index contributed by atoms with van der Waals surface area (Å²) in [5, 5.41) is 23.2. The van der Waals surface area contributed by atoms with Crippen molar-refractivity contribution in [3.05, 3.63) is 58.7 Å². The van der Waals surface area contributed by atoms with Crippen molar-refractivity contribution < 1.29 is 31.1 Å². The van der Waals surface area contributed by atoms with Gasteiger partial charge in [-0.2, -0.15) is 0 Å². The second kappa shape index (κ2) is 12.5. The maximum atomic E-state index is 11.6. The van der Waals surface area contributed by atoms with Gasteiger partial charge in [-0.1, -0.05) is 119 Å². The molecule has 0 heterocycles. The first kappa shape index (κ1) is 32.5. The van der Waals surface area contributed by atoms with Gasteiger partial charge in [0.25, 0.3) is 0 Å². The first-order chi connectivity index (χ1) is 14.6. The third-order valence-electron chi connectivity index (χ3n) is 5.28. The second-order valence-electron chi connectivity index (χ2n) is 12.6. The summed E-state index contributed by atoms with van der Waals surface area (Å²) < 4.78 is 0. The summed E-state index contributed by atoms with van der Waals surface area (Å²) in [6, 6.07) is 11.3. The van der Waals surface area contributed by atoms with E-state index < -0.39 is 20.8 Å².